The second-order valence-electron chi connectivity index (χ2n) is 3.87. The van der Waals surface area contributed by atoms with Crippen molar-refractivity contribution in [3.63, 3.8) is 0 Å². The lowest BCUT2D eigenvalue weighted by atomic mass is 10.1. The highest BCUT2D eigenvalue weighted by Gasteiger charge is 2.33. The number of aliphatic carboxylic acids is 1. The van der Waals surface area contributed by atoms with Crippen LogP contribution in [0.15, 0.2) is 30.3 Å². The van der Waals surface area contributed by atoms with Crippen LogP contribution in [0.25, 0.3) is 0 Å². The van der Waals surface area contributed by atoms with Crippen molar-refractivity contribution in [1.29, 1.82) is 0 Å². The van der Waals surface area contributed by atoms with Crippen molar-refractivity contribution in [2.75, 3.05) is 6.61 Å². The van der Waals surface area contributed by atoms with Crippen molar-refractivity contribution in [3.05, 3.63) is 30.3 Å². The van der Waals surface area contributed by atoms with Gasteiger partial charge in [0.15, 0.2) is 0 Å². The summed E-state index contributed by atoms with van der Waals surface area (Å²) in [7, 11) is -4.39. The van der Waals surface area contributed by atoms with Gasteiger partial charge >= 0.3 is 13.8 Å². The standard InChI is InChI=1S/C10H14NO6P/c1-10(11,9(12)13)7-16-18(14,15)17-8-5-3-2-4-6-8/h2-6H,7,11H2,1H3,(H,12,13)(H,14,15)/t10-/m0/s1. The van der Waals surface area contributed by atoms with Gasteiger partial charge in [-0.2, -0.15) is 0 Å². The van der Waals surface area contributed by atoms with Crippen LogP contribution in [0.2, 0.25) is 0 Å². The molecule has 0 saturated heterocycles. The van der Waals surface area contributed by atoms with Crippen molar-refractivity contribution in [2.24, 2.45) is 5.73 Å². The maximum absolute atomic E-state index is 11.5. The number of carboxylic acid groups (broad SMARTS) is 1. The van der Waals surface area contributed by atoms with Crippen molar-refractivity contribution in [2.45, 2.75) is 12.5 Å². The Balaban J connectivity index is 2.61. The first-order valence-corrected chi connectivity index (χ1v) is 6.47. The second-order valence-corrected chi connectivity index (χ2v) is 5.25. The van der Waals surface area contributed by atoms with E-state index in [-0.39, 0.29) is 5.75 Å². The summed E-state index contributed by atoms with van der Waals surface area (Å²) in [5.41, 5.74) is 3.58. The van der Waals surface area contributed by atoms with E-state index in [0.29, 0.717) is 0 Å². The fourth-order valence-electron chi connectivity index (χ4n) is 0.918. The highest BCUT2D eigenvalue weighted by molar-refractivity contribution is 7.47. The molecule has 0 aromatic heterocycles. The summed E-state index contributed by atoms with van der Waals surface area (Å²) in [5.74, 6) is -1.21. The summed E-state index contributed by atoms with van der Waals surface area (Å²) in [5, 5.41) is 8.71. The third-order valence-electron chi connectivity index (χ3n) is 1.98. The van der Waals surface area contributed by atoms with Crippen LogP contribution in [-0.2, 0) is 13.9 Å². The lowest BCUT2D eigenvalue weighted by Crippen LogP contribution is -2.48. The minimum atomic E-state index is -4.39. The minimum Gasteiger partial charge on any atom is -0.480 e. The fraction of sp³-hybridized carbons (Fsp3) is 0.300. The van der Waals surface area contributed by atoms with Gasteiger partial charge in [0.2, 0.25) is 0 Å². The Bertz CT molecular complexity index is 461. The van der Waals surface area contributed by atoms with Crippen LogP contribution < -0.4 is 10.3 Å². The predicted molar refractivity (Wildman–Crippen MR) is 63.1 cm³/mol. The molecule has 4 N–H and O–H groups in total. The van der Waals surface area contributed by atoms with E-state index in [9.17, 15) is 14.3 Å². The number of carboxylic acids is 1. The quantitative estimate of drug-likeness (QED) is 0.662. The van der Waals surface area contributed by atoms with E-state index in [2.05, 4.69) is 4.52 Å². The van der Waals surface area contributed by atoms with Gasteiger partial charge in [-0.25, -0.2) is 4.57 Å². The first kappa shape index (κ1) is 14.7. The molecule has 0 bridgehead atoms. The Morgan fingerprint density at radius 2 is 2.00 bits per heavy atom. The van der Waals surface area contributed by atoms with Crippen molar-refractivity contribution in [3.8, 4) is 5.75 Å². The fourth-order valence-corrected chi connectivity index (χ4v) is 1.79. The molecule has 1 unspecified atom stereocenters. The lowest BCUT2D eigenvalue weighted by Gasteiger charge is -2.20. The van der Waals surface area contributed by atoms with Crippen molar-refractivity contribution < 1.29 is 28.4 Å². The molecule has 18 heavy (non-hydrogen) atoms. The first-order valence-electron chi connectivity index (χ1n) is 4.97. The maximum atomic E-state index is 11.5. The monoisotopic (exact) mass is 275 g/mol. The molecule has 1 aromatic carbocycles. The molecular weight excluding hydrogens is 261 g/mol. The van der Waals surface area contributed by atoms with Gasteiger partial charge < -0.3 is 15.4 Å². The number of nitrogens with two attached hydrogens (primary N) is 1. The smallest absolute Gasteiger partial charge is 0.480 e. The predicted octanol–water partition coefficient (Wildman–Crippen LogP) is 0.984. The number of para-hydroxylation sites is 1. The zero-order valence-corrected chi connectivity index (χ0v) is 10.5. The Morgan fingerprint density at radius 3 is 2.50 bits per heavy atom. The summed E-state index contributed by atoms with van der Waals surface area (Å²) >= 11 is 0. The normalized spacial score (nSPS) is 17.5. The molecule has 8 heteroatoms. The van der Waals surface area contributed by atoms with Gasteiger partial charge in [-0.05, 0) is 19.1 Å². The zero-order valence-electron chi connectivity index (χ0n) is 9.65. The molecule has 0 heterocycles. The van der Waals surface area contributed by atoms with E-state index < -0.39 is 25.9 Å². The number of rotatable bonds is 6. The van der Waals surface area contributed by atoms with E-state index in [0.717, 1.165) is 6.92 Å². The van der Waals surface area contributed by atoms with Gasteiger partial charge in [0, 0.05) is 0 Å². The van der Waals surface area contributed by atoms with Gasteiger partial charge in [0.05, 0.1) is 6.61 Å². The molecule has 0 aliphatic carbocycles. The van der Waals surface area contributed by atoms with Crippen LogP contribution in [0.3, 0.4) is 0 Å². The van der Waals surface area contributed by atoms with E-state index in [1.807, 2.05) is 0 Å². The number of hydrogen-bond donors (Lipinski definition) is 3. The largest absolute Gasteiger partial charge is 0.527 e. The van der Waals surface area contributed by atoms with E-state index in [4.69, 9.17) is 15.4 Å². The molecule has 0 aliphatic rings. The SMILES string of the molecule is C[C@](N)(COP(=O)(O)Oc1ccccc1)C(=O)O. The zero-order chi connectivity index (χ0) is 13.8. The summed E-state index contributed by atoms with van der Waals surface area (Å²) in [6.45, 7) is 0.515. The third-order valence-corrected chi connectivity index (χ3v) is 2.88. The Labute approximate surface area is 104 Å². The topological polar surface area (TPSA) is 119 Å². The van der Waals surface area contributed by atoms with Gasteiger partial charge in [-0.3, -0.25) is 14.2 Å². The molecule has 0 amide bonds. The molecular formula is C10H14NO6P. The van der Waals surface area contributed by atoms with Gasteiger partial charge in [-0.15, -0.1) is 0 Å². The number of phosphoric acid groups is 1. The second kappa shape index (κ2) is 5.49. The molecule has 0 spiro atoms. The van der Waals surface area contributed by atoms with Crippen LogP contribution in [-0.4, -0.2) is 28.1 Å². The molecule has 0 radical (unpaired) electrons. The van der Waals surface area contributed by atoms with E-state index in [1.54, 1.807) is 18.2 Å². The minimum absolute atomic E-state index is 0.136. The highest BCUT2D eigenvalue weighted by Crippen LogP contribution is 2.44. The summed E-state index contributed by atoms with van der Waals surface area (Å²) in [4.78, 5) is 20.1. The van der Waals surface area contributed by atoms with Crippen molar-refractivity contribution >= 4 is 13.8 Å². The lowest BCUT2D eigenvalue weighted by molar-refractivity contribution is -0.143. The number of phosphoric ester groups is 1. The molecule has 2 atom stereocenters. The Morgan fingerprint density at radius 1 is 1.44 bits per heavy atom. The van der Waals surface area contributed by atoms with Crippen LogP contribution in [0, 0.1) is 0 Å². The van der Waals surface area contributed by atoms with E-state index in [1.165, 1.54) is 12.1 Å². The molecule has 0 fully saturated rings. The highest BCUT2D eigenvalue weighted by atomic mass is 31.2. The average molecular weight is 275 g/mol. The Kier molecular flexibility index (Phi) is 4.48. The van der Waals surface area contributed by atoms with Crippen LogP contribution in [0.1, 0.15) is 6.92 Å². The van der Waals surface area contributed by atoms with Crippen molar-refractivity contribution in [1.82, 2.24) is 0 Å². The van der Waals surface area contributed by atoms with Gasteiger partial charge in [-0.1, -0.05) is 18.2 Å². The molecule has 100 valence electrons. The molecule has 0 saturated carbocycles. The van der Waals surface area contributed by atoms with Crippen LogP contribution >= 0.6 is 7.82 Å². The summed E-state index contributed by atoms with van der Waals surface area (Å²) < 4.78 is 20.8. The average Bonchev–Trinajstić information content (AvgIpc) is 2.27. The molecule has 1 rings (SSSR count). The van der Waals surface area contributed by atoms with Crippen LogP contribution in [0.5, 0.6) is 5.75 Å². The summed E-state index contributed by atoms with van der Waals surface area (Å²) in [6.07, 6.45) is 0. The van der Waals surface area contributed by atoms with Gasteiger partial charge in [0.1, 0.15) is 11.3 Å². The number of benzene rings is 1. The number of hydrogen-bond acceptors (Lipinski definition) is 5. The number of carbonyl (C=O) groups is 1. The maximum Gasteiger partial charge on any atom is 0.527 e. The third kappa shape index (κ3) is 4.46. The summed E-state index contributed by atoms with van der Waals surface area (Å²) in [6, 6.07) is 7.85. The van der Waals surface area contributed by atoms with Crippen LogP contribution in [0.4, 0.5) is 0 Å². The Hall–Kier alpha value is -1.40. The van der Waals surface area contributed by atoms with E-state index >= 15 is 0 Å². The van der Waals surface area contributed by atoms with Gasteiger partial charge in [0.25, 0.3) is 0 Å². The molecule has 7 nitrogen and oxygen atoms in total. The molecule has 0 aliphatic heterocycles. The molecule has 1 aromatic rings. The first-order chi connectivity index (χ1) is 8.23.